The maximum atomic E-state index is 3.48. The Balaban J connectivity index is -0.0000000413. The van der Waals surface area contributed by atoms with Gasteiger partial charge in [0, 0.05) is 0 Å². The van der Waals surface area contributed by atoms with Crippen LogP contribution in [-0.4, -0.2) is 11.0 Å². The van der Waals surface area contributed by atoms with Crippen LogP contribution < -0.4 is 0 Å². The lowest BCUT2D eigenvalue weighted by atomic mass is 9.90. The van der Waals surface area contributed by atoms with Gasteiger partial charge in [-0.3, -0.25) is 0 Å². The fourth-order valence-electron chi connectivity index (χ4n) is 2.72. The number of rotatable bonds is 12. The van der Waals surface area contributed by atoms with Gasteiger partial charge in [0.05, 0.1) is 0 Å². The van der Waals surface area contributed by atoms with Gasteiger partial charge in [-0.05, 0) is 49.4 Å². The molecule has 0 fully saturated rings. The second-order valence-electron chi connectivity index (χ2n) is 8.26. The van der Waals surface area contributed by atoms with Gasteiger partial charge in [-0.1, -0.05) is 135 Å². The first kappa shape index (κ1) is 53.0. The lowest BCUT2D eigenvalue weighted by Crippen LogP contribution is -2.03. The van der Waals surface area contributed by atoms with Gasteiger partial charge >= 0.3 is 0 Å². The minimum atomic E-state index is 0. The molecule has 0 heterocycles. The summed E-state index contributed by atoms with van der Waals surface area (Å²) < 4.78 is 0. The van der Waals surface area contributed by atoms with E-state index >= 15 is 0 Å². The molecular formula is C30H72O2. The van der Waals surface area contributed by atoms with Crippen LogP contribution in [-0.2, 0) is 0 Å². The van der Waals surface area contributed by atoms with Crippen LogP contribution in [0.25, 0.3) is 0 Å². The Labute approximate surface area is 208 Å². The Morgan fingerprint density at radius 1 is 0.500 bits per heavy atom. The standard InChI is InChI=1S/2C10H22.2C4H8.2CH4.2H2O/c2*1-5-9(4)8-10(6-2)7-3;2*1-3-4-2;;;;/h2*9-10H,5-8H2,1-4H3;2*3H,1,4H2,2H3;2*1H4;2*1H2. The van der Waals surface area contributed by atoms with E-state index < -0.39 is 0 Å². The Kier molecular flexibility index (Phi) is 79.5. The predicted molar refractivity (Wildman–Crippen MR) is 158 cm³/mol. The summed E-state index contributed by atoms with van der Waals surface area (Å²) in [5, 5.41) is 0. The lowest BCUT2D eigenvalue weighted by Gasteiger charge is -2.16. The molecule has 4 N–H and O–H groups in total. The van der Waals surface area contributed by atoms with Gasteiger partial charge in [-0.15, -0.1) is 13.2 Å². The maximum Gasteiger partial charge on any atom is -0.0382 e. The zero-order valence-corrected chi connectivity index (χ0v) is 22.9. The molecule has 0 saturated carbocycles. The monoisotopic (exact) mass is 465 g/mol. The van der Waals surface area contributed by atoms with Gasteiger partial charge in [0.25, 0.3) is 0 Å². The molecule has 0 bridgehead atoms. The van der Waals surface area contributed by atoms with Crippen molar-refractivity contribution in [1.82, 2.24) is 0 Å². The van der Waals surface area contributed by atoms with E-state index in [1.807, 2.05) is 12.2 Å². The van der Waals surface area contributed by atoms with Crippen LogP contribution in [0.1, 0.15) is 148 Å². The molecular weight excluding hydrogens is 392 g/mol. The molecule has 204 valence electrons. The summed E-state index contributed by atoms with van der Waals surface area (Å²) in [4.78, 5) is 0. The SMILES string of the molecule is C.C.C=CCC.C=CCC.CCC(C)CC(CC)CC.CCC(C)CC(CC)CC.O.O. The van der Waals surface area contributed by atoms with Crippen molar-refractivity contribution in [2.24, 2.45) is 23.7 Å². The van der Waals surface area contributed by atoms with Crippen molar-refractivity contribution in [2.45, 2.75) is 148 Å². The Morgan fingerprint density at radius 2 is 0.688 bits per heavy atom. The third-order valence-electron chi connectivity index (χ3n) is 5.75. The first-order chi connectivity index (χ1) is 13.3. The summed E-state index contributed by atoms with van der Waals surface area (Å²) >= 11 is 0. The van der Waals surface area contributed by atoms with Crippen LogP contribution in [0.2, 0.25) is 0 Å². The van der Waals surface area contributed by atoms with Gasteiger partial charge < -0.3 is 11.0 Å². The van der Waals surface area contributed by atoms with Crippen molar-refractivity contribution in [3.63, 3.8) is 0 Å². The normalized spacial score (nSPS) is 10.4. The first-order valence-corrected chi connectivity index (χ1v) is 12.5. The van der Waals surface area contributed by atoms with Gasteiger partial charge in [0.15, 0.2) is 0 Å². The molecule has 0 spiro atoms. The van der Waals surface area contributed by atoms with E-state index in [1.165, 1.54) is 51.4 Å². The van der Waals surface area contributed by atoms with Gasteiger partial charge in [0.2, 0.25) is 0 Å². The van der Waals surface area contributed by atoms with Gasteiger partial charge in [-0.2, -0.15) is 0 Å². The molecule has 0 saturated heterocycles. The van der Waals surface area contributed by atoms with Crippen LogP contribution in [0.4, 0.5) is 0 Å². The average Bonchev–Trinajstić information content (AvgIpc) is 2.75. The highest BCUT2D eigenvalue weighted by molar-refractivity contribution is 4.61. The molecule has 0 aromatic carbocycles. The van der Waals surface area contributed by atoms with E-state index in [2.05, 4.69) is 82.4 Å². The third kappa shape index (κ3) is 51.8. The van der Waals surface area contributed by atoms with Gasteiger partial charge in [-0.25, -0.2) is 0 Å². The molecule has 0 aliphatic rings. The summed E-state index contributed by atoms with van der Waals surface area (Å²) in [6.45, 7) is 29.6. The molecule has 2 heteroatoms. The van der Waals surface area contributed by atoms with Crippen LogP contribution in [0.5, 0.6) is 0 Å². The summed E-state index contributed by atoms with van der Waals surface area (Å²) in [7, 11) is 0. The van der Waals surface area contributed by atoms with E-state index in [0.717, 1.165) is 36.5 Å². The number of allylic oxidation sites excluding steroid dienone is 2. The molecule has 0 aromatic rings. The quantitative estimate of drug-likeness (QED) is 0.258. The van der Waals surface area contributed by atoms with Crippen LogP contribution >= 0.6 is 0 Å². The minimum Gasteiger partial charge on any atom is -0.412 e. The molecule has 0 radical (unpaired) electrons. The van der Waals surface area contributed by atoms with Crippen molar-refractivity contribution < 1.29 is 11.0 Å². The summed E-state index contributed by atoms with van der Waals surface area (Å²) in [5.74, 6) is 3.83. The maximum absolute atomic E-state index is 3.48. The highest BCUT2D eigenvalue weighted by Crippen LogP contribution is 2.20. The Hall–Kier alpha value is -0.600. The van der Waals surface area contributed by atoms with E-state index in [-0.39, 0.29) is 25.8 Å². The molecule has 2 nitrogen and oxygen atoms in total. The highest BCUT2D eigenvalue weighted by atomic mass is 16.0. The van der Waals surface area contributed by atoms with Crippen LogP contribution in [0.3, 0.4) is 0 Å². The van der Waals surface area contributed by atoms with Crippen molar-refractivity contribution in [1.29, 1.82) is 0 Å². The average molecular weight is 465 g/mol. The van der Waals surface area contributed by atoms with Crippen molar-refractivity contribution in [3.8, 4) is 0 Å². The summed E-state index contributed by atoms with van der Waals surface area (Å²) in [5.41, 5.74) is 0. The Morgan fingerprint density at radius 3 is 0.781 bits per heavy atom. The molecule has 0 rings (SSSR count). The molecule has 2 unspecified atom stereocenters. The zero-order valence-electron chi connectivity index (χ0n) is 22.9. The zero-order chi connectivity index (χ0) is 22.8. The van der Waals surface area contributed by atoms with E-state index in [9.17, 15) is 0 Å². The second-order valence-corrected chi connectivity index (χ2v) is 8.26. The predicted octanol–water partition coefficient (Wildman–Crippen LogP) is 10.5. The van der Waals surface area contributed by atoms with Crippen LogP contribution in [0, 0.1) is 23.7 Å². The van der Waals surface area contributed by atoms with E-state index in [1.54, 1.807) is 0 Å². The van der Waals surface area contributed by atoms with E-state index in [4.69, 9.17) is 0 Å². The number of hydrogen-bond acceptors (Lipinski definition) is 0. The molecule has 0 amide bonds. The van der Waals surface area contributed by atoms with Crippen molar-refractivity contribution in [3.05, 3.63) is 25.3 Å². The fraction of sp³-hybridized carbons (Fsp3) is 0.867. The molecule has 0 aliphatic heterocycles. The molecule has 2 atom stereocenters. The fourth-order valence-corrected chi connectivity index (χ4v) is 2.72. The smallest absolute Gasteiger partial charge is 0.0382 e. The summed E-state index contributed by atoms with van der Waals surface area (Å²) in [6.07, 6.45) is 16.9. The lowest BCUT2D eigenvalue weighted by molar-refractivity contribution is 0.364. The summed E-state index contributed by atoms with van der Waals surface area (Å²) in [6, 6.07) is 0. The largest absolute Gasteiger partial charge is 0.412 e. The molecule has 0 aliphatic carbocycles. The van der Waals surface area contributed by atoms with Crippen LogP contribution in [0.15, 0.2) is 25.3 Å². The van der Waals surface area contributed by atoms with Gasteiger partial charge in [0.1, 0.15) is 0 Å². The molecule has 0 aromatic heterocycles. The first-order valence-electron chi connectivity index (χ1n) is 12.5. The number of hydrogen-bond donors (Lipinski definition) is 0. The van der Waals surface area contributed by atoms with E-state index in [0.29, 0.717) is 0 Å². The van der Waals surface area contributed by atoms with Crippen molar-refractivity contribution in [2.75, 3.05) is 0 Å². The second kappa shape index (κ2) is 48.0. The molecule has 32 heavy (non-hydrogen) atoms. The topological polar surface area (TPSA) is 63.0 Å². The minimum absolute atomic E-state index is 0. The van der Waals surface area contributed by atoms with Crippen molar-refractivity contribution >= 4 is 0 Å². The highest BCUT2D eigenvalue weighted by Gasteiger charge is 2.07. The Bertz CT molecular complexity index is 240. The third-order valence-corrected chi connectivity index (χ3v) is 5.75.